The Bertz CT molecular complexity index is 1080. The fourth-order valence-electron chi connectivity index (χ4n) is 3.57. The van der Waals surface area contributed by atoms with E-state index in [1.165, 1.54) is 0 Å². The minimum Gasteiger partial charge on any atom is -0.493 e. The van der Waals surface area contributed by atoms with Crippen LogP contribution in [0.4, 0.5) is 5.69 Å². The third-order valence-electron chi connectivity index (χ3n) is 5.19. The Labute approximate surface area is 184 Å². The third-order valence-corrected chi connectivity index (χ3v) is 5.60. The molecule has 9 heteroatoms. The zero-order valence-corrected chi connectivity index (χ0v) is 18.2. The molecule has 1 atom stereocenters. The van der Waals surface area contributed by atoms with Crippen molar-refractivity contribution in [1.82, 2.24) is 15.5 Å². The van der Waals surface area contributed by atoms with Crippen molar-refractivity contribution in [3.8, 4) is 22.9 Å². The summed E-state index contributed by atoms with van der Waals surface area (Å²) in [5.74, 6) is 1.82. The quantitative estimate of drug-likeness (QED) is 0.574. The van der Waals surface area contributed by atoms with Crippen LogP contribution in [0.5, 0.6) is 11.5 Å². The number of amides is 1. The zero-order chi connectivity index (χ0) is 22.0. The van der Waals surface area contributed by atoms with E-state index in [1.54, 1.807) is 26.4 Å². The molecule has 162 valence electrons. The van der Waals surface area contributed by atoms with Crippen LogP contribution in [0.15, 0.2) is 34.9 Å². The number of hydrogen-bond donors (Lipinski definition) is 2. The number of methoxy groups -OCH3 is 2. The molecule has 0 aliphatic carbocycles. The van der Waals surface area contributed by atoms with Crippen molar-refractivity contribution in [2.75, 3.05) is 19.5 Å². The maximum atomic E-state index is 12.4. The highest BCUT2D eigenvalue weighted by Gasteiger charge is 2.24. The molecule has 2 aromatic carbocycles. The summed E-state index contributed by atoms with van der Waals surface area (Å²) in [6, 6.07) is 9.36. The number of aryl methyl sites for hydroxylation is 1. The molecule has 0 fully saturated rings. The number of carbonyl (C=O) groups excluding carboxylic acids is 1. The molecule has 2 heterocycles. The molecule has 0 bridgehead atoms. The van der Waals surface area contributed by atoms with Gasteiger partial charge < -0.3 is 24.6 Å². The lowest BCUT2D eigenvalue weighted by Crippen LogP contribution is -2.29. The highest BCUT2D eigenvalue weighted by Crippen LogP contribution is 2.32. The number of fused-ring (bicyclic) bond motifs is 1. The van der Waals surface area contributed by atoms with Gasteiger partial charge in [-0.25, -0.2) is 0 Å². The fourth-order valence-corrected chi connectivity index (χ4v) is 3.76. The van der Waals surface area contributed by atoms with E-state index in [2.05, 4.69) is 20.8 Å². The van der Waals surface area contributed by atoms with Crippen molar-refractivity contribution in [2.45, 2.75) is 32.4 Å². The summed E-state index contributed by atoms with van der Waals surface area (Å²) in [5, 5.41) is 10.9. The minimum atomic E-state index is -0.0982. The van der Waals surface area contributed by atoms with Gasteiger partial charge in [0.2, 0.25) is 17.6 Å². The summed E-state index contributed by atoms with van der Waals surface area (Å²) in [6.45, 7) is 2.12. The standard InChI is InChI=1S/C22H23ClN4O4/c1-12-6-17-14(8-16(12)23)7-15(25-17)10-20(28)24-11-21-26-22(27-31-21)13-4-5-18(29-2)19(9-13)30-3/h4-6,8-9,15,25H,7,10-11H2,1-3H3,(H,24,28). The molecule has 1 amide bonds. The summed E-state index contributed by atoms with van der Waals surface area (Å²) >= 11 is 6.20. The Hall–Kier alpha value is -3.26. The number of aromatic nitrogens is 2. The van der Waals surface area contributed by atoms with E-state index >= 15 is 0 Å². The van der Waals surface area contributed by atoms with Crippen LogP contribution in [0.3, 0.4) is 0 Å². The molecule has 8 nitrogen and oxygen atoms in total. The summed E-state index contributed by atoms with van der Waals surface area (Å²) in [6.07, 6.45) is 1.09. The van der Waals surface area contributed by atoms with Crippen LogP contribution in [0.1, 0.15) is 23.4 Å². The van der Waals surface area contributed by atoms with Crippen molar-refractivity contribution in [1.29, 1.82) is 0 Å². The van der Waals surface area contributed by atoms with Crippen molar-refractivity contribution in [3.05, 3.63) is 52.4 Å². The van der Waals surface area contributed by atoms with Gasteiger partial charge in [-0.3, -0.25) is 4.79 Å². The predicted octanol–water partition coefficient (Wildman–Crippen LogP) is 3.76. The molecule has 1 unspecified atom stereocenters. The number of rotatable bonds is 7. The van der Waals surface area contributed by atoms with Crippen LogP contribution in [0, 0.1) is 6.92 Å². The van der Waals surface area contributed by atoms with Gasteiger partial charge >= 0.3 is 0 Å². The monoisotopic (exact) mass is 442 g/mol. The number of nitrogens with one attached hydrogen (secondary N) is 2. The van der Waals surface area contributed by atoms with Gasteiger partial charge in [-0.15, -0.1) is 0 Å². The second-order valence-corrected chi connectivity index (χ2v) is 7.77. The third kappa shape index (κ3) is 4.59. The van der Waals surface area contributed by atoms with Crippen molar-refractivity contribution < 1.29 is 18.8 Å². The molecule has 4 rings (SSSR count). The molecular formula is C22H23ClN4O4. The highest BCUT2D eigenvalue weighted by molar-refractivity contribution is 6.31. The molecule has 1 aliphatic rings. The highest BCUT2D eigenvalue weighted by atomic mass is 35.5. The predicted molar refractivity (Wildman–Crippen MR) is 117 cm³/mol. The Morgan fingerprint density at radius 2 is 2.06 bits per heavy atom. The number of hydrogen-bond acceptors (Lipinski definition) is 7. The SMILES string of the molecule is COc1ccc(-c2noc(CNC(=O)CC3Cc4cc(Cl)c(C)cc4N3)n2)cc1OC. The van der Waals surface area contributed by atoms with Crippen molar-refractivity contribution in [3.63, 3.8) is 0 Å². The summed E-state index contributed by atoms with van der Waals surface area (Å²) in [7, 11) is 3.13. The number of halogens is 1. The van der Waals surface area contributed by atoms with Gasteiger partial charge in [0.1, 0.15) is 0 Å². The Morgan fingerprint density at radius 1 is 1.26 bits per heavy atom. The molecule has 0 spiro atoms. The minimum absolute atomic E-state index is 0.0258. The summed E-state index contributed by atoms with van der Waals surface area (Å²) in [4.78, 5) is 16.7. The van der Waals surface area contributed by atoms with Crippen LogP contribution in [-0.4, -0.2) is 36.3 Å². The van der Waals surface area contributed by atoms with Crippen molar-refractivity contribution >= 4 is 23.2 Å². The van der Waals surface area contributed by atoms with Gasteiger partial charge in [0.15, 0.2) is 11.5 Å². The lowest BCUT2D eigenvalue weighted by Gasteiger charge is -2.10. The maximum Gasteiger partial charge on any atom is 0.246 e. The second kappa shape index (κ2) is 8.85. The first kappa shape index (κ1) is 21.0. The maximum absolute atomic E-state index is 12.4. The number of anilines is 1. The van der Waals surface area contributed by atoms with Crippen LogP contribution in [-0.2, 0) is 17.8 Å². The first-order valence-corrected chi connectivity index (χ1v) is 10.2. The smallest absolute Gasteiger partial charge is 0.246 e. The van der Waals surface area contributed by atoms with Gasteiger partial charge in [0.05, 0.1) is 20.8 Å². The van der Waals surface area contributed by atoms with Gasteiger partial charge in [0.25, 0.3) is 0 Å². The topological polar surface area (TPSA) is 98.5 Å². The van der Waals surface area contributed by atoms with Crippen LogP contribution in [0.2, 0.25) is 5.02 Å². The number of nitrogens with zero attached hydrogens (tertiary/aromatic N) is 2. The molecule has 3 aromatic rings. The van der Waals surface area contributed by atoms with E-state index in [1.807, 2.05) is 25.1 Å². The molecule has 0 saturated heterocycles. The van der Waals surface area contributed by atoms with Gasteiger partial charge in [-0.2, -0.15) is 4.98 Å². The molecule has 31 heavy (non-hydrogen) atoms. The van der Waals surface area contributed by atoms with Gasteiger partial charge in [0, 0.05) is 28.7 Å². The largest absolute Gasteiger partial charge is 0.493 e. The van der Waals surface area contributed by atoms with Crippen LogP contribution in [0.25, 0.3) is 11.4 Å². The number of carbonyl (C=O) groups is 1. The molecule has 1 aliphatic heterocycles. The summed E-state index contributed by atoms with van der Waals surface area (Å²) in [5.41, 5.74) is 3.90. The van der Waals surface area contributed by atoms with E-state index < -0.39 is 0 Å². The lowest BCUT2D eigenvalue weighted by atomic mass is 10.1. The molecule has 2 N–H and O–H groups in total. The van der Waals surface area contributed by atoms with Crippen LogP contribution < -0.4 is 20.1 Å². The van der Waals surface area contributed by atoms with Gasteiger partial charge in [-0.1, -0.05) is 16.8 Å². The van der Waals surface area contributed by atoms with E-state index in [0.29, 0.717) is 29.6 Å². The first-order valence-electron chi connectivity index (χ1n) is 9.84. The second-order valence-electron chi connectivity index (χ2n) is 7.37. The average molecular weight is 443 g/mol. The van der Waals surface area contributed by atoms with E-state index in [4.69, 9.17) is 25.6 Å². The van der Waals surface area contributed by atoms with Crippen LogP contribution >= 0.6 is 11.6 Å². The van der Waals surface area contributed by atoms with E-state index in [9.17, 15) is 4.79 Å². The fraction of sp³-hybridized carbons (Fsp3) is 0.318. The lowest BCUT2D eigenvalue weighted by molar-refractivity contribution is -0.121. The molecule has 0 radical (unpaired) electrons. The normalized spacial score (nSPS) is 14.6. The van der Waals surface area contributed by atoms with E-state index in [0.717, 1.165) is 33.8 Å². The number of benzene rings is 2. The first-order chi connectivity index (χ1) is 15.0. The summed E-state index contributed by atoms with van der Waals surface area (Å²) < 4.78 is 15.8. The average Bonchev–Trinajstić information content (AvgIpc) is 3.38. The van der Waals surface area contributed by atoms with E-state index in [-0.39, 0.29) is 18.5 Å². The Kier molecular flexibility index (Phi) is 5.99. The molecule has 0 saturated carbocycles. The zero-order valence-electron chi connectivity index (χ0n) is 17.5. The van der Waals surface area contributed by atoms with Gasteiger partial charge in [-0.05, 0) is 54.8 Å². The number of ether oxygens (including phenoxy) is 2. The molecule has 1 aromatic heterocycles. The molecular weight excluding hydrogens is 420 g/mol. The Morgan fingerprint density at radius 3 is 2.84 bits per heavy atom. The van der Waals surface area contributed by atoms with Crippen molar-refractivity contribution in [2.24, 2.45) is 0 Å². The Balaban J connectivity index is 1.32.